The lowest BCUT2D eigenvalue weighted by atomic mass is 9.59. The third kappa shape index (κ3) is 4.73. The van der Waals surface area contributed by atoms with E-state index in [9.17, 15) is 0 Å². The Balaban J connectivity index is 1.31. The van der Waals surface area contributed by atoms with Crippen LogP contribution in [0.1, 0.15) is 25.0 Å². The Morgan fingerprint density at radius 1 is 0.375 bits per heavy atom. The van der Waals surface area contributed by atoms with Gasteiger partial charge in [-0.1, -0.05) is 115 Å². The van der Waals surface area contributed by atoms with Crippen LogP contribution in [0.25, 0.3) is 88.0 Å². The second-order valence-electron chi connectivity index (χ2n) is 17.1. The predicted octanol–water partition coefficient (Wildman–Crippen LogP) is -0.733. The molecule has 258 valence electrons. The number of para-hydroxylation sites is 1. The summed E-state index contributed by atoms with van der Waals surface area (Å²) in [5.74, 6) is 0. The maximum Gasteiger partial charge on any atom is 0.139 e. The van der Waals surface area contributed by atoms with Crippen molar-refractivity contribution in [1.29, 1.82) is 0 Å². The van der Waals surface area contributed by atoms with Crippen molar-refractivity contribution in [2.24, 2.45) is 0 Å². The van der Waals surface area contributed by atoms with Gasteiger partial charge in [-0.2, -0.15) is 0 Å². The summed E-state index contributed by atoms with van der Waals surface area (Å²) in [6, 6.07) is 40.7. The highest BCUT2D eigenvalue weighted by Gasteiger charge is 2.35. The average Bonchev–Trinajstić information content (AvgIpc) is 3.70. The van der Waals surface area contributed by atoms with E-state index in [0.29, 0.717) is 0 Å². The summed E-state index contributed by atoms with van der Waals surface area (Å²) in [6.07, 6.45) is 0. The molecule has 1 heterocycles. The number of hydrogen-bond donors (Lipinski definition) is 0. The van der Waals surface area contributed by atoms with E-state index in [4.69, 9.17) is 4.42 Å². The van der Waals surface area contributed by atoms with Crippen LogP contribution in [0.4, 0.5) is 0 Å². The van der Waals surface area contributed by atoms with Crippen LogP contribution in [0.15, 0.2) is 114 Å². The molecule has 0 unspecified atom stereocenters. The summed E-state index contributed by atoms with van der Waals surface area (Å²) in [5, 5.41) is 7.75. The maximum absolute atomic E-state index is 6.35. The molecule has 0 aliphatic heterocycles. The molecule has 9 heteroatoms. The van der Waals surface area contributed by atoms with Crippen LogP contribution >= 0.6 is 0 Å². The molecule has 1 aromatic heterocycles. The van der Waals surface area contributed by atoms with Gasteiger partial charge in [0.1, 0.15) is 73.9 Å². The van der Waals surface area contributed by atoms with Crippen molar-refractivity contribution in [3.05, 3.63) is 120 Å². The molecule has 0 atom stereocenters. The number of rotatable bonds is 3. The van der Waals surface area contributed by atoms with Crippen molar-refractivity contribution >= 4 is 150 Å². The van der Waals surface area contributed by atoms with Crippen LogP contribution in [0.3, 0.4) is 0 Å². The third-order valence-corrected chi connectivity index (χ3v) is 14.1. The minimum absolute atomic E-state index is 0.0540. The van der Waals surface area contributed by atoms with Gasteiger partial charge in [-0.05, 0) is 108 Å². The van der Waals surface area contributed by atoms with E-state index in [2.05, 4.69) is 186 Å². The van der Waals surface area contributed by atoms with Gasteiger partial charge < -0.3 is 4.42 Å². The van der Waals surface area contributed by atoms with Crippen LogP contribution in [0.5, 0.6) is 0 Å². The van der Waals surface area contributed by atoms with E-state index in [0.717, 1.165) is 21.9 Å². The lowest BCUT2D eigenvalue weighted by Crippen LogP contribution is -2.50. The highest BCUT2D eigenvalue weighted by Crippen LogP contribution is 2.50. The number of fused-ring (bicyclic) bond motifs is 8. The fourth-order valence-electron chi connectivity index (χ4n) is 10.3. The summed E-state index contributed by atoms with van der Waals surface area (Å²) in [4.78, 5) is 0. The molecule has 0 saturated carbocycles. The monoisotopic (exact) mass is 708 g/mol. The van der Waals surface area contributed by atoms with Crippen molar-refractivity contribution in [3.63, 3.8) is 0 Å². The van der Waals surface area contributed by atoms with Gasteiger partial charge in [0.2, 0.25) is 0 Å². The van der Waals surface area contributed by atoms with Crippen LogP contribution in [-0.2, 0) is 5.41 Å². The van der Waals surface area contributed by atoms with E-state index in [1.807, 2.05) is 0 Å². The number of furan rings is 1. The molecule has 0 bridgehead atoms. The van der Waals surface area contributed by atoms with Crippen molar-refractivity contribution in [2.75, 3.05) is 0 Å². The van der Waals surface area contributed by atoms with Crippen molar-refractivity contribution < 1.29 is 4.42 Å². The van der Waals surface area contributed by atoms with Gasteiger partial charge in [-0.3, -0.25) is 0 Å². The molecule has 0 N–H and O–H groups in total. The summed E-state index contributed by atoms with van der Waals surface area (Å²) in [6.45, 7) is 4.74. The minimum Gasteiger partial charge on any atom is -0.456 e. The molecule has 0 spiro atoms. The second kappa shape index (κ2) is 12.3. The molecule has 10 rings (SSSR count). The second-order valence-corrected chi connectivity index (χ2v) is 17.1. The predicted molar refractivity (Wildman–Crippen MR) is 268 cm³/mol. The highest BCUT2D eigenvalue weighted by atomic mass is 16.3. The fourth-order valence-corrected chi connectivity index (χ4v) is 10.3. The molecular weight excluding hydrogens is 667 g/mol. The van der Waals surface area contributed by atoms with Gasteiger partial charge in [0.15, 0.2) is 0 Å². The molecule has 56 heavy (non-hydrogen) atoms. The first-order chi connectivity index (χ1) is 26.9. The largest absolute Gasteiger partial charge is 0.456 e. The zero-order valence-corrected chi connectivity index (χ0v) is 34.3. The van der Waals surface area contributed by atoms with Gasteiger partial charge in [0.25, 0.3) is 0 Å². The highest BCUT2D eigenvalue weighted by molar-refractivity contribution is 6.71. The molecular formula is C47H40B8O. The van der Waals surface area contributed by atoms with E-state index >= 15 is 0 Å². The Kier molecular flexibility index (Phi) is 7.70. The van der Waals surface area contributed by atoms with Gasteiger partial charge in [-0.15, -0.1) is 21.9 Å². The molecule has 9 aromatic rings. The molecule has 0 radical (unpaired) electrons. The molecule has 0 saturated heterocycles. The van der Waals surface area contributed by atoms with Gasteiger partial charge in [-0.25, -0.2) is 0 Å². The van der Waals surface area contributed by atoms with E-state index in [1.54, 1.807) is 0 Å². The Hall–Kier alpha value is -5.40. The zero-order valence-electron chi connectivity index (χ0n) is 34.3. The first-order valence-electron chi connectivity index (χ1n) is 20.1. The summed E-state index contributed by atoms with van der Waals surface area (Å²) >= 11 is 0. The van der Waals surface area contributed by atoms with Crippen molar-refractivity contribution in [1.82, 2.24) is 0 Å². The quantitative estimate of drug-likeness (QED) is 0.175. The molecule has 1 nitrogen and oxygen atoms in total. The number of benzene rings is 8. The maximum atomic E-state index is 6.35. The smallest absolute Gasteiger partial charge is 0.139 e. The summed E-state index contributed by atoms with van der Waals surface area (Å²) < 4.78 is 6.35. The first-order valence-corrected chi connectivity index (χ1v) is 20.1. The van der Waals surface area contributed by atoms with Gasteiger partial charge in [0, 0.05) is 16.2 Å². The third-order valence-electron chi connectivity index (χ3n) is 14.1. The standard InChI is InChI=1S/C47H40B8O/c1-47(2)29-12-5-3-10-25(29)26-16-14-22(20-30(26)47)21-8-7-9-23(18-21)33-35-37(41(50)45(54)43(52)39(35)48)34(38-36(33)40(49)44(53)46(55)42(38)51)24-15-17-32-28(19-24)27-11-4-6-13-31(27)56-32/h3-20H,48-55H2,1-2H3. The minimum atomic E-state index is -0.0540. The van der Waals surface area contributed by atoms with Crippen LogP contribution in [0, 0.1) is 0 Å². The normalized spacial score (nSPS) is 13.2. The average molecular weight is 707 g/mol. The van der Waals surface area contributed by atoms with Gasteiger partial charge >= 0.3 is 0 Å². The fraction of sp³-hybridized carbons (Fsp3) is 0.0638. The van der Waals surface area contributed by atoms with Crippen LogP contribution in [-0.4, -0.2) is 62.8 Å². The van der Waals surface area contributed by atoms with Crippen LogP contribution < -0.4 is 43.7 Å². The van der Waals surface area contributed by atoms with Crippen molar-refractivity contribution in [3.8, 4) is 44.5 Å². The molecule has 1 aliphatic carbocycles. The molecule has 8 aromatic carbocycles. The van der Waals surface area contributed by atoms with E-state index in [1.165, 1.54) is 121 Å². The van der Waals surface area contributed by atoms with E-state index < -0.39 is 0 Å². The van der Waals surface area contributed by atoms with Crippen molar-refractivity contribution in [2.45, 2.75) is 19.3 Å². The summed E-state index contributed by atoms with van der Waals surface area (Å²) in [5.41, 5.74) is 25.9. The first kappa shape index (κ1) is 35.0. The summed E-state index contributed by atoms with van der Waals surface area (Å²) in [7, 11) is 18.6. The Bertz CT molecular complexity index is 3130. The Labute approximate surface area is 336 Å². The van der Waals surface area contributed by atoms with Gasteiger partial charge in [0.05, 0.1) is 0 Å². The lowest BCUT2D eigenvalue weighted by Gasteiger charge is -2.28. The molecule has 0 fully saturated rings. The lowest BCUT2D eigenvalue weighted by molar-refractivity contribution is 0.660. The topological polar surface area (TPSA) is 13.1 Å². The van der Waals surface area contributed by atoms with E-state index in [-0.39, 0.29) is 5.41 Å². The Morgan fingerprint density at radius 2 is 0.857 bits per heavy atom. The number of hydrogen-bond acceptors (Lipinski definition) is 1. The molecule has 1 aliphatic rings. The SMILES string of the molecule is Bc1c(B)c(B)c2c(-c3ccc4oc5ccccc5c4c3)c3c(B)c(B)c(B)c(B)c3c(-c3cccc(-c4ccc5c(c4)C(C)(C)c4ccccc4-5)c3)c2c1B. The molecule has 0 amide bonds. The zero-order chi connectivity index (χ0) is 38.9. The van der Waals surface area contributed by atoms with Crippen LogP contribution in [0.2, 0.25) is 0 Å². The Morgan fingerprint density at radius 3 is 1.50 bits per heavy atom.